The minimum absolute atomic E-state index is 0.0281. The van der Waals surface area contributed by atoms with Gasteiger partial charge in [-0.15, -0.1) is 0 Å². The molecule has 1 aliphatic heterocycles. The summed E-state index contributed by atoms with van der Waals surface area (Å²) in [5.41, 5.74) is 1.57. The van der Waals surface area contributed by atoms with Crippen molar-refractivity contribution in [2.75, 3.05) is 16.8 Å². The van der Waals surface area contributed by atoms with E-state index in [2.05, 4.69) is 15.6 Å². The minimum Gasteiger partial charge on any atom is -0.354 e. The number of nitrogens with one attached hydrogen (secondary N) is 2. The van der Waals surface area contributed by atoms with Gasteiger partial charge in [0.05, 0.1) is 29.0 Å². The molecule has 1 aromatic heterocycles. The maximum absolute atomic E-state index is 12.9. The van der Waals surface area contributed by atoms with Gasteiger partial charge in [-0.05, 0) is 36.8 Å². The van der Waals surface area contributed by atoms with Crippen LogP contribution in [0.4, 0.5) is 15.8 Å². The molecule has 1 aliphatic rings. The van der Waals surface area contributed by atoms with Crippen molar-refractivity contribution in [2.45, 2.75) is 12.5 Å². The van der Waals surface area contributed by atoms with Crippen molar-refractivity contribution in [1.82, 2.24) is 10.3 Å². The summed E-state index contributed by atoms with van der Waals surface area (Å²) in [5, 5.41) is 5.74. The van der Waals surface area contributed by atoms with Crippen molar-refractivity contribution in [3.8, 4) is 0 Å². The van der Waals surface area contributed by atoms with E-state index >= 15 is 0 Å². The number of aromatic nitrogens is 1. The van der Waals surface area contributed by atoms with Crippen LogP contribution in [0, 0.1) is 5.82 Å². The predicted molar refractivity (Wildman–Crippen MR) is 88.4 cm³/mol. The summed E-state index contributed by atoms with van der Waals surface area (Å²) in [6, 6.07) is 7.04. The van der Waals surface area contributed by atoms with Crippen molar-refractivity contribution in [3.05, 3.63) is 54.1 Å². The predicted octanol–water partition coefficient (Wildman–Crippen LogP) is 1.88. The molecule has 2 aromatic rings. The normalized spacial score (nSPS) is 19.0. The first-order chi connectivity index (χ1) is 11.4. The Morgan fingerprint density at radius 2 is 1.92 bits per heavy atom. The summed E-state index contributed by atoms with van der Waals surface area (Å²) < 4.78 is 35.8. The fourth-order valence-corrected chi connectivity index (χ4v) is 4.18. The maximum Gasteiger partial charge on any atom is 0.253 e. The third kappa shape index (κ3) is 4.08. The zero-order valence-electron chi connectivity index (χ0n) is 12.7. The summed E-state index contributed by atoms with van der Waals surface area (Å²) in [6.07, 6.45) is 3.38. The average Bonchev–Trinajstić information content (AvgIpc) is 2.88. The molecule has 126 valence electrons. The molecule has 1 atom stereocenters. The van der Waals surface area contributed by atoms with Crippen molar-refractivity contribution >= 4 is 27.1 Å². The fraction of sp³-hybridized carbons (Fsp3) is 0.250. The zero-order valence-corrected chi connectivity index (χ0v) is 13.5. The molecule has 0 saturated carbocycles. The third-order valence-electron chi connectivity index (χ3n) is 3.70. The van der Waals surface area contributed by atoms with E-state index in [-0.39, 0.29) is 29.3 Å². The molecule has 1 unspecified atom stereocenters. The molecule has 1 fully saturated rings. The van der Waals surface area contributed by atoms with Crippen LogP contribution in [-0.4, -0.2) is 36.9 Å². The van der Waals surface area contributed by atoms with Crippen molar-refractivity contribution < 1.29 is 17.6 Å². The number of anilines is 2. The smallest absolute Gasteiger partial charge is 0.253 e. The van der Waals surface area contributed by atoms with Gasteiger partial charge in [-0.1, -0.05) is 0 Å². The number of carbonyl (C=O) groups excluding carboxylic acids is 1. The first kappa shape index (κ1) is 16.4. The highest BCUT2D eigenvalue weighted by Crippen LogP contribution is 2.18. The summed E-state index contributed by atoms with van der Waals surface area (Å²) >= 11 is 0. The lowest BCUT2D eigenvalue weighted by Crippen LogP contribution is -2.35. The number of carbonyl (C=O) groups is 1. The van der Waals surface area contributed by atoms with E-state index in [9.17, 15) is 17.6 Å². The number of amides is 1. The summed E-state index contributed by atoms with van der Waals surface area (Å²) in [7, 11) is -3.05. The van der Waals surface area contributed by atoms with Crippen LogP contribution in [0.3, 0.4) is 0 Å². The minimum atomic E-state index is -3.05. The lowest BCUT2D eigenvalue weighted by atomic mass is 10.2. The highest BCUT2D eigenvalue weighted by atomic mass is 32.2. The second kappa shape index (κ2) is 6.56. The number of benzene rings is 1. The topological polar surface area (TPSA) is 88.2 Å². The van der Waals surface area contributed by atoms with Gasteiger partial charge in [-0.2, -0.15) is 0 Å². The quantitative estimate of drug-likeness (QED) is 0.880. The number of nitrogens with zero attached hydrogens (tertiary/aromatic N) is 1. The van der Waals surface area contributed by atoms with Crippen LogP contribution in [0.15, 0.2) is 42.7 Å². The monoisotopic (exact) mass is 349 g/mol. The van der Waals surface area contributed by atoms with Gasteiger partial charge in [0.1, 0.15) is 5.82 Å². The molecule has 2 heterocycles. The third-order valence-corrected chi connectivity index (χ3v) is 5.47. The number of rotatable bonds is 4. The first-order valence-corrected chi connectivity index (χ1v) is 9.22. The molecule has 0 spiro atoms. The molecule has 0 aliphatic carbocycles. The van der Waals surface area contributed by atoms with E-state index in [1.54, 1.807) is 24.4 Å². The van der Waals surface area contributed by atoms with Crippen molar-refractivity contribution in [1.29, 1.82) is 0 Å². The molecule has 24 heavy (non-hydrogen) atoms. The van der Waals surface area contributed by atoms with Gasteiger partial charge in [-0.25, -0.2) is 12.8 Å². The van der Waals surface area contributed by atoms with E-state index in [0.717, 1.165) is 0 Å². The van der Waals surface area contributed by atoms with Crippen molar-refractivity contribution in [3.63, 3.8) is 0 Å². The van der Waals surface area contributed by atoms with Gasteiger partial charge in [0.25, 0.3) is 5.91 Å². The Balaban J connectivity index is 1.68. The molecule has 8 heteroatoms. The lowest BCUT2D eigenvalue weighted by Gasteiger charge is -2.12. The Morgan fingerprint density at radius 3 is 2.58 bits per heavy atom. The average molecular weight is 349 g/mol. The molecule has 1 aromatic carbocycles. The van der Waals surface area contributed by atoms with E-state index in [0.29, 0.717) is 23.4 Å². The van der Waals surface area contributed by atoms with Crippen LogP contribution in [0.2, 0.25) is 0 Å². The molecule has 2 N–H and O–H groups in total. The Labute approximate surface area is 139 Å². The van der Waals surface area contributed by atoms with Crippen LogP contribution in [-0.2, 0) is 9.84 Å². The van der Waals surface area contributed by atoms with Crippen LogP contribution in [0.1, 0.15) is 16.8 Å². The lowest BCUT2D eigenvalue weighted by molar-refractivity contribution is 0.0941. The standard InChI is InChI=1S/C16H16FN3O3S/c17-12-1-3-13(4-2-12)19-15-7-11(8-18-9-15)16(21)20-14-5-6-24(22,23)10-14/h1-4,7-9,14,19H,5-6,10H2,(H,20,21). The Kier molecular flexibility index (Phi) is 4.48. The number of halogens is 1. The van der Waals surface area contributed by atoms with E-state index < -0.39 is 9.84 Å². The van der Waals surface area contributed by atoms with Crippen LogP contribution in [0.25, 0.3) is 0 Å². The second-order valence-electron chi connectivity index (χ2n) is 5.67. The van der Waals surface area contributed by atoms with Gasteiger partial charge in [0.2, 0.25) is 0 Å². The van der Waals surface area contributed by atoms with E-state index in [1.165, 1.54) is 18.3 Å². The molecule has 0 radical (unpaired) electrons. The second-order valence-corrected chi connectivity index (χ2v) is 7.90. The summed E-state index contributed by atoms with van der Waals surface area (Å²) in [4.78, 5) is 16.2. The number of hydrogen-bond acceptors (Lipinski definition) is 5. The first-order valence-electron chi connectivity index (χ1n) is 7.40. The van der Waals surface area contributed by atoms with Gasteiger partial charge < -0.3 is 10.6 Å². The molecular weight excluding hydrogens is 333 g/mol. The Bertz CT molecular complexity index is 853. The van der Waals surface area contributed by atoms with Crippen LogP contribution < -0.4 is 10.6 Å². The zero-order chi connectivity index (χ0) is 17.2. The van der Waals surface area contributed by atoms with Gasteiger partial charge in [0, 0.05) is 17.9 Å². The van der Waals surface area contributed by atoms with Gasteiger partial charge in [0.15, 0.2) is 9.84 Å². The summed E-state index contributed by atoms with van der Waals surface area (Å²) in [5.74, 6) is -0.632. The van der Waals surface area contributed by atoms with E-state index in [1.807, 2.05) is 0 Å². The summed E-state index contributed by atoms with van der Waals surface area (Å²) in [6.45, 7) is 0. The SMILES string of the molecule is O=C(NC1CCS(=O)(=O)C1)c1cncc(Nc2ccc(F)cc2)c1. The molecule has 1 saturated heterocycles. The molecular formula is C16H16FN3O3S. The fourth-order valence-electron chi connectivity index (χ4n) is 2.51. The molecule has 3 rings (SSSR count). The Morgan fingerprint density at radius 1 is 1.17 bits per heavy atom. The number of pyridine rings is 1. The Hall–Kier alpha value is -2.48. The number of sulfone groups is 1. The van der Waals surface area contributed by atoms with Gasteiger partial charge >= 0.3 is 0 Å². The van der Waals surface area contributed by atoms with Crippen LogP contribution >= 0.6 is 0 Å². The molecule has 0 bridgehead atoms. The molecule has 1 amide bonds. The maximum atomic E-state index is 12.9. The van der Waals surface area contributed by atoms with Crippen LogP contribution in [0.5, 0.6) is 0 Å². The molecule has 6 nitrogen and oxygen atoms in total. The largest absolute Gasteiger partial charge is 0.354 e. The van der Waals surface area contributed by atoms with E-state index in [4.69, 9.17) is 0 Å². The highest BCUT2D eigenvalue weighted by Gasteiger charge is 2.29. The van der Waals surface area contributed by atoms with Crippen molar-refractivity contribution in [2.24, 2.45) is 0 Å². The highest BCUT2D eigenvalue weighted by molar-refractivity contribution is 7.91. The van der Waals surface area contributed by atoms with Gasteiger partial charge in [-0.3, -0.25) is 9.78 Å². The number of hydrogen-bond donors (Lipinski definition) is 2.